The third-order valence-electron chi connectivity index (χ3n) is 3.95. The topological polar surface area (TPSA) is 74.3 Å². The standard InChI is InChI=1S/C19H24N4O2/c1-13-6-5-7-16(14(13)2)22-18(24)15-8-9-20-17(12-15)19(25)21-10-11-23(3)4/h5-9,12H,10-11H2,1-4H3,(H,21,25)(H,22,24). The molecule has 0 unspecified atom stereocenters. The molecule has 0 aliphatic rings. The number of nitrogens with one attached hydrogen (secondary N) is 2. The first-order valence-corrected chi connectivity index (χ1v) is 8.15. The summed E-state index contributed by atoms with van der Waals surface area (Å²) in [5, 5.41) is 5.67. The Morgan fingerprint density at radius 3 is 2.60 bits per heavy atom. The highest BCUT2D eigenvalue weighted by Gasteiger charge is 2.13. The number of hydrogen-bond acceptors (Lipinski definition) is 4. The molecule has 0 saturated carbocycles. The number of nitrogens with zero attached hydrogens (tertiary/aromatic N) is 2. The number of carbonyl (C=O) groups is 2. The molecule has 0 atom stereocenters. The van der Waals surface area contributed by atoms with Crippen molar-refractivity contribution in [1.29, 1.82) is 0 Å². The molecule has 2 N–H and O–H groups in total. The maximum absolute atomic E-state index is 12.5. The van der Waals surface area contributed by atoms with E-state index in [1.165, 1.54) is 12.3 Å². The Morgan fingerprint density at radius 2 is 1.88 bits per heavy atom. The predicted molar refractivity (Wildman–Crippen MR) is 99.0 cm³/mol. The molecule has 6 heteroatoms. The number of carbonyl (C=O) groups excluding carboxylic acids is 2. The van der Waals surface area contributed by atoms with E-state index in [4.69, 9.17) is 0 Å². The molecule has 0 radical (unpaired) electrons. The van der Waals surface area contributed by atoms with Crippen LogP contribution in [-0.2, 0) is 0 Å². The van der Waals surface area contributed by atoms with Crippen LogP contribution in [0.1, 0.15) is 32.0 Å². The van der Waals surface area contributed by atoms with Crippen LogP contribution < -0.4 is 10.6 Å². The predicted octanol–water partition coefficient (Wildman–Crippen LogP) is 2.24. The Hall–Kier alpha value is -2.73. The van der Waals surface area contributed by atoms with Gasteiger partial charge in [0.2, 0.25) is 0 Å². The van der Waals surface area contributed by atoms with E-state index in [0.29, 0.717) is 12.1 Å². The van der Waals surface area contributed by atoms with Crippen LogP contribution in [0.15, 0.2) is 36.5 Å². The number of pyridine rings is 1. The normalized spacial score (nSPS) is 10.6. The maximum Gasteiger partial charge on any atom is 0.269 e. The fourth-order valence-corrected chi connectivity index (χ4v) is 2.26. The van der Waals surface area contributed by atoms with Gasteiger partial charge in [-0.15, -0.1) is 0 Å². The lowest BCUT2D eigenvalue weighted by molar-refractivity contribution is 0.0946. The van der Waals surface area contributed by atoms with Crippen molar-refractivity contribution in [2.75, 3.05) is 32.5 Å². The third-order valence-corrected chi connectivity index (χ3v) is 3.95. The molecule has 0 spiro atoms. The van der Waals surface area contributed by atoms with Crippen LogP contribution in [0, 0.1) is 13.8 Å². The molecule has 2 aromatic rings. The molecule has 0 bridgehead atoms. The monoisotopic (exact) mass is 340 g/mol. The van der Waals surface area contributed by atoms with Crippen molar-refractivity contribution < 1.29 is 9.59 Å². The van der Waals surface area contributed by atoms with E-state index >= 15 is 0 Å². The van der Waals surface area contributed by atoms with Crippen LogP contribution in [0.3, 0.4) is 0 Å². The Balaban J connectivity index is 2.08. The minimum atomic E-state index is -0.289. The van der Waals surface area contributed by atoms with E-state index in [1.807, 2.05) is 51.0 Å². The number of likely N-dealkylation sites (N-methyl/N-ethyl adjacent to an activating group) is 1. The first-order chi connectivity index (χ1) is 11.9. The van der Waals surface area contributed by atoms with Gasteiger partial charge in [-0.1, -0.05) is 12.1 Å². The highest BCUT2D eigenvalue weighted by Crippen LogP contribution is 2.18. The van der Waals surface area contributed by atoms with Crippen molar-refractivity contribution in [2.45, 2.75) is 13.8 Å². The van der Waals surface area contributed by atoms with Crippen molar-refractivity contribution in [3.05, 3.63) is 58.9 Å². The molecule has 1 aromatic carbocycles. The molecular formula is C19H24N4O2. The Morgan fingerprint density at radius 1 is 1.12 bits per heavy atom. The number of anilines is 1. The van der Waals surface area contributed by atoms with E-state index in [9.17, 15) is 9.59 Å². The zero-order valence-corrected chi connectivity index (χ0v) is 15.1. The van der Waals surface area contributed by atoms with Crippen LogP contribution >= 0.6 is 0 Å². The number of rotatable bonds is 6. The molecular weight excluding hydrogens is 316 g/mol. The van der Waals surface area contributed by atoms with Gasteiger partial charge in [0.25, 0.3) is 11.8 Å². The molecule has 0 saturated heterocycles. The van der Waals surface area contributed by atoms with Crippen molar-refractivity contribution in [3.63, 3.8) is 0 Å². The third kappa shape index (κ3) is 5.12. The molecule has 6 nitrogen and oxygen atoms in total. The molecule has 0 fully saturated rings. The number of aromatic nitrogens is 1. The van der Waals surface area contributed by atoms with Crippen molar-refractivity contribution in [1.82, 2.24) is 15.2 Å². The number of aryl methyl sites for hydroxylation is 1. The summed E-state index contributed by atoms with van der Waals surface area (Å²) >= 11 is 0. The van der Waals surface area contributed by atoms with E-state index in [0.717, 1.165) is 23.4 Å². The second-order valence-corrected chi connectivity index (χ2v) is 6.19. The average molecular weight is 340 g/mol. The van der Waals surface area contributed by atoms with Crippen LogP contribution in [0.5, 0.6) is 0 Å². The zero-order chi connectivity index (χ0) is 18.4. The number of amides is 2. The van der Waals surface area contributed by atoms with Gasteiger partial charge in [0, 0.05) is 30.5 Å². The zero-order valence-electron chi connectivity index (χ0n) is 15.1. The summed E-state index contributed by atoms with van der Waals surface area (Å²) in [6.45, 7) is 5.21. The van der Waals surface area contributed by atoms with Crippen LogP contribution in [0.25, 0.3) is 0 Å². The van der Waals surface area contributed by atoms with Gasteiger partial charge < -0.3 is 15.5 Å². The molecule has 2 rings (SSSR count). The average Bonchev–Trinajstić information content (AvgIpc) is 2.58. The second kappa shape index (κ2) is 8.39. The van der Waals surface area contributed by atoms with Crippen LogP contribution in [0.2, 0.25) is 0 Å². The summed E-state index contributed by atoms with van der Waals surface area (Å²) in [7, 11) is 3.87. The second-order valence-electron chi connectivity index (χ2n) is 6.19. The largest absolute Gasteiger partial charge is 0.349 e. The van der Waals surface area contributed by atoms with Crippen molar-refractivity contribution in [2.24, 2.45) is 0 Å². The highest BCUT2D eigenvalue weighted by atomic mass is 16.2. The lowest BCUT2D eigenvalue weighted by atomic mass is 10.1. The SMILES string of the molecule is Cc1cccc(NC(=O)c2ccnc(C(=O)NCCN(C)C)c2)c1C. The minimum absolute atomic E-state index is 0.229. The van der Waals surface area contributed by atoms with Crippen molar-refractivity contribution >= 4 is 17.5 Å². The Kier molecular flexibility index (Phi) is 6.25. The van der Waals surface area contributed by atoms with Gasteiger partial charge in [-0.05, 0) is 57.3 Å². The maximum atomic E-state index is 12.5. The molecule has 1 aromatic heterocycles. The van der Waals surface area contributed by atoms with Crippen molar-refractivity contribution in [3.8, 4) is 0 Å². The molecule has 2 amide bonds. The summed E-state index contributed by atoms with van der Waals surface area (Å²) in [6.07, 6.45) is 1.47. The summed E-state index contributed by atoms with van der Waals surface area (Å²) in [5.74, 6) is -0.554. The first-order valence-electron chi connectivity index (χ1n) is 8.15. The summed E-state index contributed by atoms with van der Waals surface area (Å²) in [4.78, 5) is 30.6. The van der Waals surface area contributed by atoms with Gasteiger partial charge in [-0.2, -0.15) is 0 Å². The van der Waals surface area contributed by atoms with Gasteiger partial charge >= 0.3 is 0 Å². The smallest absolute Gasteiger partial charge is 0.269 e. The molecule has 1 heterocycles. The molecule has 0 aliphatic heterocycles. The summed E-state index contributed by atoms with van der Waals surface area (Å²) < 4.78 is 0. The summed E-state index contributed by atoms with van der Waals surface area (Å²) in [5.41, 5.74) is 3.51. The molecule has 0 aliphatic carbocycles. The van der Waals surface area contributed by atoms with E-state index in [2.05, 4.69) is 15.6 Å². The highest BCUT2D eigenvalue weighted by molar-refractivity contribution is 6.06. The molecule has 25 heavy (non-hydrogen) atoms. The van der Waals surface area contributed by atoms with Gasteiger partial charge in [0.1, 0.15) is 5.69 Å². The quantitative estimate of drug-likeness (QED) is 0.846. The van der Waals surface area contributed by atoms with Gasteiger partial charge in [-0.3, -0.25) is 14.6 Å². The van der Waals surface area contributed by atoms with E-state index < -0.39 is 0 Å². The van der Waals surface area contributed by atoms with Gasteiger partial charge in [-0.25, -0.2) is 0 Å². The summed E-state index contributed by atoms with van der Waals surface area (Å²) in [6, 6.07) is 8.85. The Bertz CT molecular complexity index is 772. The Labute approximate surface area is 148 Å². The van der Waals surface area contributed by atoms with E-state index in [1.54, 1.807) is 6.07 Å². The fourth-order valence-electron chi connectivity index (χ4n) is 2.26. The van der Waals surface area contributed by atoms with Crippen LogP contribution in [-0.4, -0.2) is 48.9 Å². The lowest BCUT2D eigenvalue weighted by Gasteiger charge is -2.12. The lowest BCUT2D eigenvalue weighted by Crippen LogP contribution is -2.32. The fraction of sp³-hybridized carbons (Fsp3) is 0.316. The van der Waals surface area contributed by atoms with Crippen LogP contribution in [0.4, 0.5) is 5.69 Å². The minimum Gasteiger partial charge on any atom is -0.349 e. The molecule has 132 valence electrons. The number of benzene rings is 1. The van der Waals surface area contributed by atoms with E-state index in [-0.39, 0.29) is 17.5 Å². The van der Waals surface area contributed by atoms with Gasteiger partial charge in [0.05, 0.1) is 0 Å². The first kappa shape index (κ1) is 18.6. The number of hydrogen-bond donors (Lipinski definition) is 2. The van der Waals surface area contributed by atoms with Gasteiger partial charge in [0.15, 0.2) is 0 Å².